The molecule has 0 aromatic heterocycles. The molecule has 11 nitrogen and oxygen atoms in total. The van der Waals surface area contributed by atoms with Crippen LogP contribution in [0.1, 0.15) is 69.1 Å². The van der Waals surface area contributed by atoms with Gasteiger partial charge in [0.2, 0.25) is 17.7 Å². The summed E-state index contributed by atoms with van der Waals surface area (Å²) in [6.45, 7) is 7.72. The smallest absolute Gasteiger partial charge is 0.227 e. The van der Waals surface area contributed by atoms with E-state index in [4.69, 9.17) is 18.9 Å². The SMILES string of the molecule is CC(C)[C@@H](C=O)NC(=O)CCOCCOCCOCCOCCC(=O)NCCCCCC(=O)N1Cc2ccccc2C#Cc2ccccc21. The number of nitrogens with one attached hydrogen (secondary N) is 2. The molecule has 266 valence electrons. The molecule has 2 aromatic carbocycles. The summed E-state index contributed by atoms with van der Waals surface area (Å²) < 4.78 is 21.8. The number of rotatable bonds is 24. The average molecular weight is 678 g/mol. The van der Waals surface area contributed by atoms with Crippen LogP contribution in [-0.4, -0.2) is 89.4 Å². The normalized spacial score (nSPS) is 12.5. The van der Waals surface area contributed by atoms with E-state index in [1.54, 1.807) is 0 Å². The molecule has 0 unspecified atom stereocenters. The average Bonchev–Trinajstić information content (AvgIpc) is 3.09. The Labute approximate surface area is 290 Å². The molecule has 3 amide bonds. The van der Waals surface area contributed by atoms with Gasteiger partial charge in [0.15, 0.2) is 0 Å². The lowest BCUT2D eigenvalue weighted by molar-refractivity contribution is -0.125. The van der Waals surface area contributed by atoms with Crippen LogP contribution >= 0.6 is 0 Å². The van der Waals surface area contributed by atoms with Gasteiger partial charge in [-0.2, -0.15) is 0 Å². The number of carbonyl (C=O) groups excluding carboxylic acids is 4. The maximum atomic E-state index is 13.3. The third-order valence-corrected chi connectivity index (χ3v) is 7.82. The summed E-state index contributed by atoms with van der Waals surface area (Å²) in [6, 6.07) is 15.2. The zero-order chi connectivity index (χ0) is 35.1. The first-order valence-electron chi connectivity index (χ1n) is 17.2. The number of nitrogens with zero attached hydrogens (tertiary/aromatic N) is 1. The highest BCUT2D eigenvalue weighted by atomic mass is 16.6. The van der Waals surface area contributed by atoms with E-state index in [1.165, 1.54) is 0 Å². The van der Waals surface area contributed by atoms with E-state index in [0.717, 1.165) is 47.9 Å². The van der Waals surface area contributed by atoms with E-state index in [1.807, 2.05) is 67.3 Å². The predicted octanol–water partition coefficient (Wildman–Crippen LogP) is 3.80. The molecule has 2 aromatic rings. The van der Waals surface area contributed by atoms with Crippen LogP contribution in [0, 0.1) is 17.8 Å². The van der Waals surface area contributed by atoms with Gasteiger partial charge >= 0.3 is 0 Å². The Bertz CT molecular complexity index is 1390. The lowest BCUT2D eigenvalue weighted by atomic mass is 10.0. The number of anilines is 1. The molecule has 11 heteroatoms. The topological polar surface area (TPSA) is 133 Å². The molecule has 0 saturated heterocycles. The van der Waals surface area contributed by atoms with Crippen molar-refractivity contribution < 1.29 is 38.1 Å². The fourth-order valence-electron chi connectivity index (χ4n) is 4.94. The molecule has 1 atom stereocenters. The highest BCUT2D eigenvalue weighted by Gasteiger charge is 2.20. The van der Waals surface area contributed by atoms with Crippen LogP contribution in [0.5, 0.6) is 0 Å². The van der Waals surface area contributed by atoms with E-state index in [-0.39, 0.29) is 43.1 Å². The number of carbonyl (C=O) groups is 4. The monoisotopic (exact) mass is 677 g/mol. The quantitative estimate of drug-likeness (QED) is 0.0975. The number of hydrogen-bond acceptors (Lipinski definition) is 8. The molecule has 0 spiro atoms. The molecule has 2 N–H and O–H groups in total. The van der Waals surface area contributed by atoms with Crippen molar-refractivity contribution in [2.24, 2.45) is 5.92 Å². The first-order chi connectivity index (χ1) is 23.9. The Kier molecular flexibility index (Phi) is 18.7. The van der Waals surface area contributed by atoms with Gasteiger partial charge in [-0.25, -0.2) is 0 Å². The van der Waals surface area contributed by atoms with Crippen molar-refractivity contribution >= 4 is 29.7 Å². The highest BCUT2D eigenvalue weighted by Crippen LogP contribution is 2.26. The zero-order valence-electron chi connectivity index (χ0n) is 28.9. The van der Waals surface area contributed by atoms with Crippen LogP contribution < -0.4 is 15.5 Å². The molecular weight excluding hydrogens is 626 g/mol. The number of aldehydes is 1. The molecule has 0 fully saturated rings. The largest absolute Gasteiger partial charge is 0.379 e. The molecule has 0 radical (unpaired) electrons. The number of amides is 3. The minimum atomic E-state index is -0.477. The molecule has 0 aliphatic carbocycles. The minimum Gasteiger partial charge on any atom is -0.379 e. The number of ether oxygens (including phenoxy) is 4. The van der Waals surface area contributed by atoms with Gasteiger partial charge in [0.05, 0.1) is 71.1 Å². The Balaban J connectivity index is 1.13. The maximum absolute atomic E-state index is 13.3. The molecule has 49 heavy (non-hydrogen) atoms. The standard InChI is InChI=1S/C38H51N3O8/c1-30(2)34(29-42)40-37(44)18-21-47-23-25-49-27-26-48-24-22-46-20-17-36(43)39-19-9-3-4-14-38(45)41-28-33-12-6-5-10-31(33)15-16-32-11-7-8-13-35(32)41/h5-8,10-13,29-30,34H,3-4,9,14,17-28H2,1-2H3,(H,39,43)(H,40,44)/t34-/m1/s1. The Hall–Kier alpha value is -4.08. The van der Waals surface area contributed by atoms with E-state index in [9.17, 15) is 19.2 Å². The zero-order valence-corrected chi connectivity index (χ0v) is 28.9. The number of benzene rings is 2. The number of hydrogen-bond donors (Lipinski definition) is 2. The van der Waals surface area contributed by atoms with Gasteiger partial charge in [0.25, 0.3) is 0 Å². The second-order valence-electron chi connectivity index (χ2n) is 12.0. The molecule has 1 heterocycles. The van der Waals surface area contributed by atoms with Gasteiger partial charge in [0.1, 0.15) is 6.29 Å². The van der Waals surface area contributed by atoms with E-state index in [2.05, 4.69) is 22.5 Å². The number of para-hydroxylation sites is 1. The summed E-state index contributed by atoms with van der Waals surface area (Å²) in [5.41, 5.74) is 3.68. The Morgan fingerprint density at radius 3 is 1.96 bits per heavy atom. The second kappa shape index (κ2) is 23.3. The predicted molar refractivity (Wildman–Crippen MR) is 187 cm³/mol. The van der Waals surface area contributed by atoms with Crippen molar-refractivity contribution in [3.63, 3.8) is 0 Å². The second-order valence-corrected chi connectivity index (χ2v) is 12.0. The van der Waals surface area contributed by atoms with Crippen molar-refractivity contribution in [1.82, 2.24) is 10.6 Å². The van der Waals surface area contributed by atoms with Crippen LogP contribution in [0.4, 0.5) is 5.69 Å². The number of fused-ring (bicyclic) bond motifs is 2. The fraction of sp³-hybridized carbons (Fsp3) is 0.526. The maximum Gasteiger partial charge on any atom is 0.227 e. The third-order valence-electron chi connectivity index (χ3n) is 7.82. The van der Waals surface area contributed by atoms with Crippen LogP contribution in [-0.2, 0) is 44.7 Å². The molecule has 1 aliphatic heterocycles. The summed E-state index contributed by atoms with van der Waals surface area (Å²) >= 11 is 0. The van der Waals surface area contributed by atoms with Crippen molar-refractivity contribution in [3.05, 3.63) is 65.2 Å². The summed E-state index contributed by atoms with van der Waals surface area (Å²) in [6.07, 6.45) is 4.02. The lowest BCUT2D eigenvalue weighted by Crippen LogP contribution is -2.40. The van der Waals surface area contributed by atoms with Gasteiger partial charge in [-0.15, -0.1) is 0 Å². The fourth-order valence-corrected chi connectivity index (χ4v) is 4.94. The van der Waals surface area contributed by atoms with Gasteiger partial charge in [0, 0.05) is 36.9 Å². The van der Waals surface area contributed by atoms with Gasteiger partial charge in [-0.3, -0.25) is 14.4 Å². The minimum absolute atomic E-state index is 0.0474. The van der Waals surface area contributed by atoms with Crippen LogP contribution in [0.25, 0.3) is 0 Å². The van der Waals surface area contributed by atoms with Crippen molar-refractivity contribution in [2.45, 2.75) is 65.0 Å². The highest BCUT2D eigenvalue weighted by molar-refractivity contribution is 5.95. The van der Waals surface area contributed by atoms with E-state index >= 15 is 0 Å². The first kappa shape index (κ1) is 39.4. The first-order valence-corrected chi connectivity index (χ1v) is 17.2. The van der Waals surface area contributed by atoms with E-state index < -0.39 is 6.04 Å². The third kappa shape index (κ3) is 15.3. The summed E-state index contributed by atoms with van der Waals surface area (Å²) in [5.74, 6) is 6.31. The molecular formula is C38H51N3O8. The van der Waals surface area contributed by atoms with Gasteiger partial charge < -0.3 is 39.3 Å². The Morgan fingerprint density at radius 2 is 1.31 bits per heavy atom. The molecule has 1 aliphatic rings. The molecule has 0 bridgehead atoms. The molecule has 3 rings (SSSR count). The van der Waals surface area contributed by atoms with Crippen molar-refractivity contribution in [1.29, 1.82) is 0 Å². The lowest BCUT2D eigenvalue weighted by Gasteiger charge is -2.26. The van der Waals surface area contributed by atoms with Gasteiger partial charge in [-0.1, -0.05) is 62.4 Å². The van der Waals surface area contributed by atoms with E-state index in [0.29, 0.717) is 65.8 Å². The van der Waals surface area contributed by atoms with Crippen LogP contribution in [0.3, 0.4) is 0 Å². The van der Waals surface area contributed by atoms with Crippen LogP contribution in [0.15, 0.2) is 48.5 Å². The molecule has 0 saturated carbocycles. The summed E-state index contributed by atoms with van der Waals surface area (Å²) in [5, 5.41) is 5.59. The van der Waals surface area contributed by atoms with Crippen molar-refractivity contribution in [3.8, 4) is 11.8 Å². The van der Waals surface area contributed by atoms with Crippen molar-refractivity contribution in [2.75, 3.05) is 64.3 Å². The summed E-state index contributed by atoms with van der Waals surface area (Å²) in [7, 11) is 0. The Morgan fingerprint density at radius 1 is 0.735 bits per heavy atom. The van der Waals surface area contributed by atoms with Crippen LogP contribution in [0.2, 0.25) is 0 Å². The summed E-state index contributed by atoms with van der Waals surface area (Å²) in [4.78, 5) is 50.0. The van der Waals surface area contributed by atoms with Gasteiger partial charge in [-0.05, 0) is 42.5 Å². The number of unbranched alkanes of at least 4 members (excludes halogenated alkanes) is 2.